The van der Waals surface area contributed by atoms with Crippen LogP contribution in [-0.4, -0.2) is 36.1 Å². The molecule has 1 heterocycles. The highest BCUT2D eigenvalue weighted by Gasteiger charge is 2.10. The molecule has 1 aromatic heterocycles. The Kier molecular flexibility index (Phi) is 5.12. The predicted molar refractivity (Wildman–Crippen MR) is 102 cm³/mol. The van der Waals surface area contributed by atoms with Crippen molar-refractivity contribution < 1.29 is 9.59 Å². The number of nitrogens with zero attached hydrogens (tertiary/aromatic N) is 3. The molecule has 3 aromatic rings. The van der Waals surface area contributed by atoms with Crippen LogP contribution < -0.4 is 10.2 Å². The summed E-state index contributed by atoms with van der Waals surface area (Å²) in [5, 5.41) is 7.15. The van der Waals surface area contributed by atoms with Gasteiger partial charge in [-0.3, -0.25) is 9.59 Å². The summed E-state index contributed by atoms with van der Waals surface area (Å²) in [7, 11) is 4.00. The van der Waals surface area contributed by atoms with Gasteiger partial charge in [0.15, 0.2) is 0 Å². The summed E-state index contributed by atoms with van der Waals surface area (Å²) in [4.78, 5) is 25.1. The van der Waals surface area contributed by atoms with Crippen LogP contribution in [0.4, 0.5) is 11.5 Å². The van der Waals surface area contributed by atoms with Gasteiger partial charge in [0.05, 0.1) is 12.7 Å². The molecule has 0 atom stereocenters. The molecule has 1 N–H and O–H groups in total. The Bertz CT molecular complexity index is 896. The van der Waals surface area contributed by atoms with Gasteiger partial charge in [-0.15, -0.1) is 0 Å². The van der Waals surface area contributed by atoms with Crippen molar-refractivity contribution in [2.45, 2.75) is 6.54 Å². The number of aromatic nitrogens is 2. The zero-order valence-electron chi connectivity index (χ0n) is 14.7. The maximum absolute atomic E-state index is 12.4. The van der Waals surface area contributed by atoms with E-state index in [0.717, 1.165) is 17.5 Å². The van der Waals surface area contributed by atoms with Crippen LogP contribution in [0.15, 0.2) is 60.8 Å². The third-order valence-electron chi connectivity index (χ3n) is 4.05. The molecule has 3 rings (SSSR count). The maximum atomic E-state index is 12.4. The summed E-state index contributed by atoms with van der Waals surface area (Å²) < 4.78 is 1.74. The normalized spacial score (nSPS) is 10.4. The van der Waals surface area contributed by atoms with E-state index in [0.29, 0.717) is 23.5 Å². The van der Waals surface area contributed by atoms with E-state index in [-0.39, 0.29) is 5.91 Å². The quantitative estimate of drug-likeness (QED) is 0.695. The van der Waals surface area contributed by atoms with E-state index in [4.69, 9.17) is 0 Å². The second kappa shape index (κ2) is 7.65. The van der Waals surface area contributed by atoms with Crippen LogP contribution in [0.3, 0.4) is 0 Å². The first-order valence-electron chi connectivity index (χ1n) is 8.21. The Morgan fingerprint density at radius 1 is 1.08 bits per heavy atom. The van der Waals surface area contributed by atoms with Gasteiger partial charge in [-0.25, -0.2) is 4.68 Å². The van der Waals surface area contributed by atoms with Crippen LogP contribution in [-0.2, 0) is 6.54 Å². The zero-order chi connectivity index (χ0) is 18.5. The molecule has 6 heteroatoms. The molecular weight excluding hydrogens is 328 g/mol. The van der Waals surface area contributed by atoms with Crippen molar-refractivity contribution in [3.8, 4) is 0 Å². The average Bonchev–Trinajstić information content (AvgIpc) is 3.09. The Labute approximate surface area is 152 Å². The highest BCUT2D eigenvalue weighted by Crippen LogP contribution is 2.16. The van der Waals surface area contributed by atoms with Crippen molar-refractivity contribution in [2.24, 2.45) is 0 Å². The number of rotatable bonds is 6. The molecule has 2 aromatic carbocycles. The molecule has 26 heavy (non-hydrogen) atoms. The lowest BCUT2D eigenvalue weighted by Crippen LogP contribution is -2.16. The summed E-state index contributed by atoms with van der Waals surface area (Å²) in [6.07, 6.45) is 2.40. The first-order valence-corrected chi connectivity index (χ1v) is 8.21. The van der Waals surface area contributed by atoms with Crippen molar-refractivity contribution in [2.75, 3.05) is 24.3 Å². The Morgan fingerprint density at radius 2 is 1.77 bits per heavy atom. The van der Waals surface area contributed by atoms with E-state index in [1.165, 1.54) is 0 Å². The monoisotopic (exact) mass is 348 g/mol. The fraction of sp³-hybridized carbons (Fsp3) is 0.150. The molecular formula is C20H20N4O2. The zero-order valence-corrected chi connectivity index (χ0v) is 14.7. The van der Waals surface area contributed by atoms with Crippen molar-refractivity contribution in [1.82, 2.24) is 9.78 Å². The number of benzene rings is 2. The van der Waals surface area contributed by atoms with Gasteiger partial charge < -0.3 is 10.2 Å². The number of carbonyl (C=O) groups is 2. The van der Waals surface area contributed by atoms with E-state index in [9.17, 15) is 9.59 Å². The average molecular weight is 348 g/mol. The molecule has 0 bridgehead atoms. The Hall–Kier alpha value is -3.41. The first kappa shape index (κ1) is 17.4. The Balaban J connectivity index is 1.71. The topological polar surface area (TPSA) is 67.2 Å². The first-order chi connectivity index (χ1) is 12.6. The molecule has 0 radical (unpaired) electrons. The summed E-state index contributed by atoms with van der Waals surface area (Å²) >= 11 is 0. The lowest BCUT2D eigenvalue weighted by molar-refractivity contribution is 0.102. The molecule has 0 saturated carbocycles. The fourth-order valence-electron chi connectivity index (χ4n) is 2.54. The van der Waals surface area contributed by atoms with E-state index >= 15 is 0 Å². The van der Waals surface area contributed by atoms with Crippen LogP contribution in [0, 0.1) is 0 Å². The second-order valence-electron chi connectivity index (χ2n) is 6.13. The van der Waals surface area contributed by atoms with Crippen LogP contribution in [0.1, 0.15) is 26.3 Å². The van der Waals surface area contributed by atoms with Gasteiger partial charge in [-0.1, -0.05) is 24.3 Å². The predicted octanol–water partition coefficient (Wildman–Crippen LogP) is 3.06. The van der Waals surface area contributed by atoms with Gasteiger partial charge >= 0.3 is 0 Å². The Morgan fingerprint density at radius 3 is 2.38 bits per heavy atom. The number of carbonyl (C=O) groups excluding carboxylic acids is 2. The third-order valence-corrected chi connectivity index (χ3v) is 4.05. The fourth-order valence-corrected chi connectivity index (χ4v) is 2.54. The van der Waals surface area contributed by atoms with E-state index in [1.54, 1.807) is 41.2 Å². The van der Waals surface area contributed by atoms with Crippen LogP contribution in [0.25, 0.3) is 0 Å². The highest BCUT2D eigenvalue weighted by molar-refractivity contribution is 6.04. The van der Waals surface area contributed by atoms with Gasteiger partial charge in [0, 0.05) is 37.0 Å². The smallest absolute Gasteiger partial charge is 0.256 e. The minimum Gasteiger partial charge on any atom is -0.378 e. The van der Waals surface area contributed by atoms with E-state index in [1.807, 2.05) is 43.3 Å². The summed E-state index contributed by atoms with van der Waals surface area (Å²) in [6, 6.07) is 16.4. The van der Waals surface area contributed by atoms with E-state index < -0.39 is 0 Å². The molecule has 0 aliphatic heterocycles. The van der Waals surface area contributed by atoms with Gasteiger partial charge in [0.2, 0.25) is 0 Å². The summed E-state index contributed by atoms with van der Waals surface area (Å²) in [5.74, 6) is 0.373. The van der Waals surface area contributed by atoms with Crippen molar-refractivity contribution in [3.63, 3.8) is 0 Å². The van der Waals surface area contributed by atoms with Gasteiger partial charge in [-0.05, 0) is 29.8 Å². The molecule has 0 fully saturated rings. The molecule has 0 unspecified atom stereocenters. The summed E-state index contributed by atoms with van der Waals surface area (Å²) in [5.41, 5.74) is 3.23. The number of aldehydes is 1. The molecule has 132 valence electrons. The maximum Gasteiger partial charge on any atom is 0.256 e. The largest absolute Gasteiger partial charge is 0.378 e. The van der Waals surface area contributed by atoms with Gasteiger partial charge in [0.25, 0.3) is 5.91 Å². The minimum absolute atomic E-state index is 0.243. The van der Waals surface area contributed by atoms with Crippen LogP contribution in [0.2, 0.25) is 0 Å². The standard InChI is InChI=1S/C20H20N4O2/c1-23(2)18-9-5-15(6-10-18)13-24-19(11-12-21-24)22-20(26)17-7-3-16(14-25)4-8-17/h3-12,14H,13H2,1-2H3,(H,22,26). The van der Waals surface area contributed by atoms with E-state index in [2.05, 4.69) is 10.4 Å². The van der Waals surface area contributed by atoms with Crippen LogP contribution >= 0.6 is 0 Å². The number of hydrogen-bond acceptors (Lipinski definition) is 4. The third kappa shape index (κ3) is 3.97. The number of nitrogens with one attached hydrogen (secondary N) is 1. The van der Waals surface area contributed by atoms with Crippen molar-refractivity contribution >= 4 is 23.7 Å². The van der Waals surface area contributed by atoms with Crippen molar-refractivity contribution in [3.05, 3.63) is 77.5 Å². The number of amides is 1. The van der Waals surface area contributed by atoms with Crippen molar-refractivity contribution in [1.29, 1.82) is 0 Å². The lowest BCUT2D eigenvalue weighted by Gasteiger charge is -2.13. The number of hydrogen-bond donors (Lipinski definition) is 1. The molecule has 0 saturated heterocycles. The molecule has 0 spiro atoms. The molecule has 0 aliphatic rings. The molecule has 1 amide bonds. The molecule has 6 nitrogen and oxygen atoms in total. The highest BCUT2D eigenvalue weighted by atomic mass is 16.1. The summed E-state index contributed by atoms with van der Waals surface area (Å²) in [6.45, 7) is 0.556. The second-order valence-corrected chi connectivity index (χ2v) is 6.13. The van der Waals surface area contributed by atoms with Crippen LogP contribution in [0.5, 0.6) is 0 Å². The lowest BCUT2D eigenvalue weighted by atomic mass is 10.1. The molecule has 0 aliphatic carbocycles. The SMILES string of the molecule is CN(C)c1ccc(Cn2nccc2NC(=O)c2ccc(C=O)cc2)cc1. The number of anilines is 2. The van der Waals surface area contributed by atoms with Gasteiger partial charge in [-0.2, -0.15) is 5.10 Å². The van der Waals surface area contributed by atoms with Gasteiger partial charge in [0.1, 0.15) is 12.1 Å². The minimum atomic E-state index is -0.243.